The summed E-state index contributed by atoms with van der Waals surface area (Å²) in [5.74, 6) is 0. The maximum Gasteiger partial charge on any atom is 0.0479 e. The molecule has 0 unspecified atom stereocenters. The second-order valence-electron chi connectivity index (χ2n) is 4.23. The van der Waals surface area contributed by atoms with E-state index in [9.17, 15) is 0 Å². The Kier molecular flexibility index (Phi) is 2.57. The molecule has 0 radical (unpaired) electrons. The van der Waals surface area contributed by atoms with Crippen LogP contribution in [0.5, 0.6) is 0 Å². The highest BCUT2D eigenvalue weighted by Crippen LogP contribution is 2.30. The Bertz CT molecular complexity index is 297. The van der Waals surface area contributed by atoms with Crippen LogP contribution in [-0.2, 0) is 17.6 Å². The smallest absolute Gasteiger partial charge is 0.0479 e. The van der Waals surface area contributed by atoms with Crippen molar-refractivity contribution < 1.29 is 4.74 Å². The molecule has 14 heavy (non-hydrogen) atoms. The van der Waals surface area contributed by atoms with E-state index in [-0.39, 0.29) is 5.54 Å². The maximum atomic E-state index is 6.32. The van der Waals surface area contributed by atoms with Crippen LogP contribution in [0.3, 0.4) is 0 Å². The molecule has 0 saturated heterocycles. The van der Waals surface area contributed by atoms with Gasteiger partial charge in [0.25, 0.3) is 0 Å². The van der Waals surface area contributed by atoms with Gasteiger partial charge in [-0.3, -0.25) is 0 Å². The first-order chi connectivity index (χ1) is 6.73. The van der Waals surface area contributed by atoms with Crippen LogP contribution in [0.15, 0.2) is 24.3 Å². The molecule has 0 atom stereocenters. The van der Waals surface area contributed by atoms with Gasteiger partial charge in [-0.05, 0) is 30.4 Å². The summed E-state index contributed by atoms with van der Waals surface area (Å²) in [6, 6.07) is 8.52. The summed E-state index contributed by atoms with van der Waals surface area (Å²) < 4.78 is 5.09. The summed E-state index contributed by atoms with van der Waals surface area (Å²) in [4.78, 5) is 0. The number of hydrogen-bond acceptors (Lipinski definition) is 2. The van der Waals surface area contributed by atoms with Crippen molar-refractivity contribution in [1.82, 2.24) is 0 Å². The third-order valence-corrected chi connectivity index (χ3v) is 3.01. The molecule has 1 aromatic rings. The van der Waals surface area contributed by atoms with Crippen molar-refractivity contribution in [3.05, 3.63) is 35.4 Å². The average molecular weight is 191 g/mol. The summed E-state index contributed by atoms with van der Waals surface area (Å²) in [7, 11) is 1.73. The van der Waals surface area contributed by atoms with Gasteiger partial charge in [0.15, 0.2) is 0 Å². The third-order valence-electron chi connectivity index (χ3n) is 3.01. The molecule has 2 nitrogen and oxygen atoms in total. The predicted octanol–water partition coefficient (Wildman–Crippen LogP) is 1.52. The molecule has 0 spiro atoms. The summed E-state index contributed by atoms with van der Waals surface area (Å²) in [5, 5.41) is 0. The van der Waals surface area contributed by atoms with Gasteiger partial charge >= 0.3 is 0 Å². The van der Waals surface area contributed by atoms with Gasteiger partial charge in [-0.15, -0.1) is 0 Å². The molecule has 0 heterocycles. The van der Waals surface area contributed by atoms with Crippen LogP contribution in [0.4, 0.5) is 0 Å². The van der Waals surface area contributed by atoms with Crippen molar-refractivity contribution in [2.45, 2.75) is 24.8 Å². The molecule has 0 aromatic heterocycles. The zero-order valence-corrected chi connectivity index (χ0v) is 8.62. The van der Waals surface area contributed by atoms with Crippen LogP contribution >= 0.6 is 0 Å². The summed E-state index contributed by atoms with van der Waals surface area (Å²) in [6.07, 6.45) is 2.93. The number of hydrogen-bond donors (Lipinski definition) is 1. The van der Waals surface area contributed by atoms with Gasteiger partial charge in [-0.2, -0.15) is 0 Å². The Morgan fingerprint density at radius 1 is 1.29 bits per heavy atom. The number of benzene rings is 1. The average Bonchev–Trinajstić information content (AvgIpc) is 2.51. The van der Waals surface area contributed by atoms with Gasteiger partial charge in [0, 0.05) is 19.3 Å². The topological polar surface area (TPSA) is 35.2 Å². The van der Waals surface area contributed by atoms with Crippen LogP contribution < -0.4 is 5.73 Å². The Morgan fingerprint density at radius 3 is 2.36 bits per heavy atom. The van der Waals surface area contributed by atoms with Crippen molar-refractivity contribution in [3.63, 3.8) is 0 Å². The summed E-state index contributed by atoms with van der Waals surface area (Å²) >= 11 is 0. The third kappa shape index (κ3) is 1.81. The molecule has 0 aliphatic heterocycles. The van der Waals surface area contributed by atoms with Crippen molar-refractivity contribution in [2.75, 3.05) is 13.7 Å². The molecule has 2 rings (SSSR count). The molecule has 2 N–H and O–H groups in total. The summed E-state index contributed by atoms with van der Waals surface area (Å²) in [6.45, 7) is 0.754. The second-order valence-corrected chi connectivity index (χ2v) is 4.23. The number of methoxy groups -OCH3 is 1. The standard InChI is InChI=1S/C12H17NO/c1-14-7-6-12(13)8-10-4-2-3-5-11(10)9-12/h2-5H,6-9,13H2,1H3. The van der Waals surface area contributed by atoms with Gasteiger partial charge in [-0.1, -0.05) is 24.3 Å². The quantitative estimate of drug-likeness (QED) is 0.786. The van der Waals surface area contributed by atoms with E-state index < -0.39 is 0 Å². The van der Waals surface area contributed by atoms with E-state index in [4.69, 9.17) is 10.5 Å². The lowest BCUT2D eigenvalue weighted by Gasteiger charge is -2.22. The van der Waals surface area contributed by atoms with E-state index in [0.717, 1.165) is 25.9 Å². The molecule has 0 amide bonds. The molecular weight excluding hydrogens is 174 g/mol. The van der Waals surface area contributed by atoms with Crippen LogP contribution in [-0.4, -0.2) is 19.3 Å². The number of fused-ring (bicyclic) bond motifs is 1. The lowest BCUT2D eigenvalue weighted by Crippen LogP contribution is -2.41. The molecule has 0 bridgehead atoms. The molecule has 1 aliphatic carbocycles. The molecule has 1 aliphatic rings. The Hall–Kier alpha value is -0.860. The van der Waals surface area contributed by atoms with Gasteiger partial charge in [-0.25, -0.2) is 0 Å². The first-order valence-corrected chi connectivity index (χ1v) is 5.08. The van der Waals surface area contributed by atoms with Crippen molar-refractivity contribution in [3.8, 4) is 0 Å². The molecule has 2 heteroatoms. The minimum absolute atomic E-state index is 0.0697. The fourth-order valence-electron chi connectivity index (χ4n) is 2.21. The van der Waals surface area contributed by atoms with Crippen molar-refractivity contribution in [1.29, 1.82) is 0 Å². The van der Waals surface area contributed by atoms with E-state index in [1.54, 1.807) is 7.11 Å². The van der Waals surface area contributed by atoms with Gasteiger partial charge in [0.2, 0.25) is 0 Å². The first-order valence-electron chi connectivity index (χ1n) is 5.08. The molecule has 76 valence electrons. The van der Waals surface area contributed by atoms with E-state index in [0.29, 0.717) is 0 Å². The Balaban J connectivity index is 2.09. The monoisotopic (exact) mass is 191 g/mol. The largest absolute Gasteiger partial charge is 0.385 e. The lowest BCUT2D eigenvalue weighted by atomic mass is 9.93. The van der Waals surface area contributed by atoms with Gasteiger partial charge in [0.05, 0.1) is 0 Å². The molecule has 0 fully saturated rings. The number of rotatable bonds is 3. The van der Waals surface area contributed by atoms with E-state index >= 15 is 0 Å². The number of nitrogens with two attached hydrogens (primary N) is 1. The zero-order valence-electron chi connectivity index (χ0n) is 8.62. The molecular formula is C12H17NO. The first kappa shape index (κ1) is 9.69. The second kappa shape index (κ2) is 3.71. The molecule has 1 aromatic carbocycles. The van der Waals surface area contributed by atoms with Crippen molar-refractivity contribution >= 4 is 0 Å². The van der Waals surface area contributed by atoms with Gasteiger partial charge < -0.3 is 10.5 Å². The Morgan fingerprint density at radius 2 is 1.86 bits per heavy atom. The predicted molar refractivity (Wildman–Crippen MR) is 57.3 cm³/mol. The fourth-order valence-corrected chi connectivity index (χ4v) is 2.21. The highest BCUT2D eigenvalue weighted by atomic mass is 16.5. The SMILES string of the molecule is COCCC1(N)Cc2ccccc2C1. The highest BCUT2D eigenvalue weighted by Gasteiger charge is 2.32. The molecule has 0 saturated carbocycles. The van der Waals surface area contributed by atoms with Crippen LogP contribution in [0.25, 0.3) is 0 Å². The normalized spacial score (nSPS) is 18.1. The van der Waals surface area contributed by atoms with E-state index in [1.807, 2.05) is 0 Å². The van der Waals surface area contributed by atoms with Crippen LogP contribution in [0, 0.1) is 0 Å². The van der Waals surface area contributed by atoms with E-state index in [2.05, 4.69) is 24.3 Å². The van der Waals surface area contributed by atoms with Crippen LogP contribution in [0.1, 0.15) is 17.5 Å². The minimum atomic E-state index is -0.0697. The van der Waals surface area contributed by atoms with Crippen LogP contribution in [0.2, 0.25) is 0 Å². The number of ether oxygens (including phenoxy) is 1. The van der Waals surface area contributed by atoms with Crippen molar-refractivity contribution in [2.24, 2.45) is 5.73 Å². The maximum absolute atomic E-state index is 6.32. The fraction of sp³-hybridized carbons (Fsp3) is 0.500. The Labute approximate surface area is 85.1 Å². The highest BCUT2D eigenvalue weighted by molar-refractivity contribution is 5.35. The summed E-state index contributed by atoms with van der Waals surface area (Å²) in [5.41, 5.74) is 9.06. The van der Waals surface area contributed by atoms with Gasteiger partial charge in [0.1, 0.15) is 0 Å². The zero-order chi connectivity index (χ0) is 10.0. The van der Waals surface area contributed by atoms with E-state index in [1.165, 1.54) is 11.1 Å². The minimum Gasteiger partial charge on any atom is -0.385 e. The lowest BCUT2D eigenvalue weighted by molar-refractivity contribution is 0.169.